The minimum Gasteiger partial charge on any atom is -0.478 e. The highest BCUT2D eigenvalue weighted by Gasteiger charge is 2.54. The second-order valence-electron chi connectivity index (χ2n) is 9.26. The van der Waals surface area contributed by atoms with E-state index >= 15 is 0 Å². The van der Waals surface area contributed by atoms with Crippen LogP contribution in [0, 0.1) is 22.7 Å². The molecule has 0 aromatic heterocycles. The summed E-state index contributed by atoms with van der Waals surface area (Å²) >= 11 is 0. The van der Waals surface area contributed by atoms with Crippen molar-refractivity contribution in [3.8, 4) is 17.9 Å². The van der Waals surface area contributed by atoms with Crippen molar-refractivity contribution >= 4 is 5.69 Å². The van der Waals surface area contributed by atoms with Crippen molar-refractivity contribution in [2.75, 3.05) is 18.1 Å². The summed E-state index contributed by atoms with van der Waals surface area (Å²) in [5.41, 5.74) is 3.29. The molecule has 0 fully saturated rings. The zero-order valence-electron chi connectivity index (χ0n) is 19.1. The van der Waals surface area contributed by atoms with Gasteiger partial charge < -0.3 is 14.7 Å². The number of hydrogen-bond donors (Lipinski definition) is 1. The number of aliphatic hydroxyl groups is 1. The summed E-state index contributed by atoms with van der Waals surface area (Å²) in [6, 6.07) is 27.8. The average Bonchev–Trinajstić information content (AvgIpc) is 3.06. The van der Waals surface area contributed by atoms with Crippen LogP contribution in [0.5, 0.6) is 5.75 Å². The summed E-state index contributed by atoms with van der Waals surface area (Å²) in [4.78, 5) is 1.74. The first-order chi connectivity index (χ1) is 15.9. The zero-order valence-corrected chi connectivity index (χ0v) is 19.1. The molecule has 0 spiro atoms. The molecule has 0 amide bonds. The number of benzene rings is 3. The summed E-state index contributed by atoms with van der Waals surface area (Å²) in [5, 5.41) is 30.7. The molecule has 1 aliphatic heterocycles. The Morgan fingerprint density at radius 3 is 2.30 bits per heavy atom. The summed E-state index contributed by atoms with van der Waals surface area (Å²) in [6.07, 6.45) is -1.04. The third-order valence-electron chi connectivity index (χ3n) is 6.35. The summed E-state index contributed by atoms with van der Waals surface area (Å²) in [6.45, 7) is 6.35. The van der Waals surface area contributed by atoms with Crippen molar-refractivity contribution in [3.05, 3.63) is 95.1 Å². The Morgan fingerprint density at radius 2 is 1.64 bits per heavy atom. The van der Waals surface area contributed by atoms with Crippen LogP contribution in [0.3, 0.4) is 0 Å². The molecule has 3 aromatic carbocycles. The van der Waals surface area contributed by atoms with E-state index in [0.29, 0.717) is 5.75 Å². The van der Waals surface area contributed by atoms with Gasteiger partial charge in [0.1, 0.15) is 24.6 Å². The lowest BCUT2D eigenvalue weighted by atomic mass is 9.68. The lowest BCUT2D eigenvalue weighted by Crippen LogP contribution is -2.47. The van der Waals surface area contributed by atoms with Crippen molar-refractivity contribution in [1.82, 2.24) is 0 Å². The SMILES string of the molecule is CC(C)(C)c1ccc(OCC#N)c(C2(c3ccccc3)c3ccccc3N(CC#N)C2O)c1. The van der Waals surface area contributed by atoms with Crippen molar-refractivity contribution in [3.63, 3.8) is 0 Å². The number of rotatable bonds is 5. The van der Waals surface area contributed by atoms with Gasteiger partial charge in [0.2, 0.25) is 0 Å². The van der Waals surface area contributed by atoms with E-state index in [2.05, 4.69) is 39.0 Å². The molecule has 166 valence electrons. The van der Waals surface area contributed by atoms with Crippen LogP contribution in [0.25, 0.3) is 0 Å². The minimum absolute atomic E-state index is 0.0418. The monoisotopic (exact) mass is 437 g/mol. The smallest absolute Gasteiger partial charge is 0.174 e. The van der Waals surface area contributed by atoms with Crippen LogP contribution in [-0.4, -0.2) is 24.5 Å². The van der Waals surface area contributed by atoms with Crippen LogP contribution in [0.2, 0.25) is 0 Å². The van der Waals surface area contributed by atoms with E-state index in [0.717, 1.165) is 27.9 Å². The van der Waals surface area contributed by atoms with Crippen LogP contribution in [0.4, 0.5) is 5.69 Å². The van der Waals surface area contributed by atoms with Crippen LogP contribution < -0.4 is 9.64 Å². The van der Waals surface area contributed by atoms with Crippen LogP contribution in [0.15, 0.2) is 72.8 Å². The highest BCUT2D eigenvalue weighted by atomic mass is 16.5. The first-order valence-corrected chi connectivity index (χ1v) is 11.0. The largest absolute Gasteiger partial charge is 0.478 e. The molecule has 2 unspecified atom stereocenters. The van der Waals surface area contributed by atoms with Gasteiger partial charge in [-0.25, -0.2) is 0 Å². The average molecular weight is 438 g/mol. The molecule has 0 bridgehead atoms. The van der Waals surface area contributed by atoms with Crippen molar-refractivity contribution in [2.24, 2.45) is 0 Å². The van der Waals surface area contributed by atoms with Crippen LogP contribution in [0.1, 0.15) is 43.0 Å². The third kappa shape index (κ3) is 3.61. The number of aliphatic hydroxyl groups excluding tert-OH is 1. The molecule has 2 atom stereocenters. The number of nitrogens with zero attached hydrogens (tertiary/aromatic N) is 3. The topological polar surface area (TPSA) is 80.3 Å². The Labute approximate surface area is 195 Å². The first kappa shape index (κ1) is 22.4. The molecule has 1 N–H and O–H groups in total. The summed E-state index contributed by atoms with van der Waals surface area (Å²) in [7, 11) is 0. The van der Waals surface area contributed by atoms with E-state index in [-0.39, 0.29) is 18.6 Å². The van der Waals surface area contributed by atoms with Gasteiger partial charge in [-0.15, -0.1) is 0 Å². The Bertz CT molecular complexity index is 1230. The summed E-state index contributed by atoms with van der Waals surface area (Å²) < 4.78 is 5.92. The lowest BCUT2D eigenvalue weighted by Gasteiger charge is -2.38. The number of nitriles is 2. The molecule has 4 rings (SSSR count). The molecule has 33 heavy (non-hydrogen) atoms. The van der Waals surface area contributed by atoms with Gasteiger partial charge in [-0.2, -0.15) is 10.5 Å². The third-order valence-corrected chi connectivity index (χ3v) is 6.35. The van der Waals surface area contributed by atoms with Crippen molar-refractivity contribution < 1.29 is 9.84 Å². The fourth-order valence-electron chi connectivity index (χ4n) is 4.80. The van der Waals surface area contributed by atoms with E-state index < -0.39 is 11.6 Å². The molecule has 5 nitrogen and oxygen atoms in total. The Balaban J connectivity index is 2.12. The van der Waals surface area contributed by atoms with Crippen LogP contribution >= 0.6 is 0 Å². The van der Waals surface area contributed by atoms with Crippen LogP contribution in [-0.2, 0) is 10.8 Å². The van der Waals surface area contributed by atoms with Gasteiger partial charge in [0, 0.05) is 11.3 Å². The summed E-state index contributed by atoms with van der Waals surface area (Å²) in [5.74, 6) is 0.543. The van der Waals surface area contributed by atoms with Gasteiger partial charge in [-0.3, -0.25) is 0 Å². The predicted molar refractivity (Wildman–Crippen MR) is 128 cm³/mol. The molecule has 0 radical (unpaired) electrons. The first-order valence-electron chi connectivity index (χ1n) is 11.0. The van der Waals surface area contributed by atoms with E-state index in [1.807, 2.05) is 66.7 Å². The van der Waals surface area contributed by atoms with E-state index in [1.165, 1.54) is 0 Å². The number of anilines is 1. The maximum atomic E-state index is 12.0. The quantitative estimate of drug-likeness (QED) is 0.575. The molecule has 0 saturated carbocycles. The molecule has 3 aromatic rings. The van der Waals surface area contributed by atoms with Gasteiger partial charge in [0.05, 0.1) is 11.5 Å². The lowest BCUT2D eigenvalue weighted by molar-refractivity contribution is 0.130. The van der Waals surface area contributed by atoms with Gasteiger partial charge in [0.15, 0.2) is 6.61 Å². The van der Waals surface area contributed by atoms with Gasteiger partial charge in [0.25, 0.3) is 0 Å². The normalized spacial score (nSPS) is 19.5. The highest BCUT2D eigenvalue weighted by Crippen LogP contribution is 2.55. The van der Waals surface area contributed by atoms with Gasteiger partial charge in [-0.1, -0.05) is 81.4 Å². The predicted octanol–water partition coefficient (Wildman–Crippen LogP) is 4.88. The number of ether oxygens (including phenoxy) is 1. The minimum atomic E-state index is -1.04. The van der Waals surface area contributed by atoms with Crippen molar-refractivity contribution in [1.29, 1.82) is 10.5 Å². The fourth-order valence-corrected chi connectivity index (χ4v) is 4.80. The van der Waals surface area contributed by atoms with E-state index in [1.54, 1.807) is 4.90 Å². The molecule has 1 aliphatic rings. The van der Waals surface area contributed by atoms with Gasteiger partial charge in [-0.05, 0) is 34.2 Å². The molecule has 5 heteroatoms. The second kappa shape index (κ2) is 8.62. The Morgan fingerprint density at radius 1 is 0.939 bits per heavy atom. The molecule has 1 heterocycles. The standard InChI is InChI=1S/C28H27N3O2/c1-27(2,3)21-13-14-25(33-18-16-30)23(19-21)28(20-9-5-4-6-10-20)22-11-7-8-12-24(22)31(17-15-29)26(28)32/h4-14,19,26,32H,17-18H2,1-3H3. The second-order valence-corrected chi connectivity index (χ2v) is 9.26. The number of hydrogen-bond acceptors (Lipinski definition) is 5. The molecular weight excluding hydrogens is 410 g/mol. The highest BCUT2D eigenvalue weighted by molar-refractivity contribution is 5.73. The van der Waals surface area contributed by atoms with Gasteiger partial charge >= 0.3 is 0 Å². The molecule has 0 saturated heterocycles. The Hall–Kier alpha value is -3.80. The molecular formula is C28H27N3O2. The maximum absolute atomic E-state index is 12.0. The number of fused-ring (bicyclic) bond motifs is 1. The molecule has 0 aliphatic carbocycles. The fraction of sp³-hybridized carbons (Fsp3) is 0.286. The maximum Gasteiger partial charge on any atom is 0.174 e. The van der Waals surface area contributed by atoms with E-state index in [9.17, 15) is 15.6 Å². The van der Waals surface area contributed by atoms with E-state index in [4.69, 9.17) is 4.74 Å². The zero-order chi connectivity index (χ0) is 23.6. The number of para-hydroxylation sites is 1. The Kier molecular flexibility index (Phi) is 5.85. The van der Waals surface area contributed by atoms with Crippen molar-refractivity contribution in [2.45, 2.75) is 37.8 Å².